The fourth-order valence-electron chi connectivity index (χ4n) is 3.12. The number of benzene rings is 1. The number of hydrogen-bond donors (Lipinski definition) is 1. The van der Waals surface area contributed by atoms with E-state index in [1.807, 2.05) is 11.8 Å². The van der Waals surface area contributed by atoms with Crippen molar-refractivity contribution < 1.29 is 26.3 Å². The Labute approximate surface area is 189 Å². The van der Waals surface area contributed by atoms with Gasteiger partial charge < -0.3 is 5.32 Å². The molecular weight excluding hydrogens is 487 g/mol. The molecule has 0 aliphatic heterocycles. The number of nitrogens with zero attached hydrogens (tertiary/aromatic N) is 2. The number of hydrogen-bond acceptors (Lipinski definition) is 4. The maximum atomic E-state index is 13.6. The smallest absolute Gasteiger partial charge is 0.329 e. The number of nitrogens with one attached hydrogen (secondary N) is 1. The van der Waals surface area contributed by atoms with Crippen LogP contribution in [0.4, 0.5) is 37.2 Å². The minimum atomic E-state index is -4.67. The molecule has 0 radical (unpaired) electrons. The molecule has 1 N–H and O–H groups in total. The van der Waals surface area contributed by atoms with Gasteiger partial charge in [-0.1, -0.05) is 41.5 Å². The summed E-state index contributed by atoms with van der Waals surface area (Å²) in [5.74, 6) is 0.510. The number of thiazole rings is 1. The van der Waals surface area contributed by atoms with E-state index in [1.165, 1.54) is 0 Å². The summed E-state index contributed by atoms with van der Waals surface area (Å²) in [6, 6.07) is 1.32. The first-order chi connectivity index (χ1) is 14.4. The van der Waals surface area contributed by atoms with E-state index < -0.39 is 23.6 Å². The third-order valence-corrected chi connectivity index (χ3v) is 6.24. The third-order valence-electron chi connectivity index (χ3n) is 4.69. The molecule has 3 rings (SSSR count). The molecule has 12 heteroatoms. The zero-order valence-corrected chi connectivity index (χ0v) is 18.6. The van der Waals surface area contributed by atoms with E-state index in [9.17, 15) is 26.3 Å². The third kappa shape index (κ3) is 6.40. The lowest BCUT2D eigenvalue weighted by Crippen LogP contribution is -2.27. The fraction of sp³-hybridized carbons (Fsp3) is 0.526. The van der Waals surface area contributed by atoms with Crippen LogP contribution in [0, 0.1) is 5.92 Å². The van der Waals surface area contributed by atoms with Crippen molar-refractivity contribution >= 4 is 45.4 Å². The number of rotatable bonds is 8. The molecule has 1 heterocycles. The largest absolute Gasteiger partial charge is 0.434 e. The van der Waals surface area contributed by atoms with Crippen LogP contribution in [0.5, 0.6) is 0 Å². The second-order valence-electron chi connectivity index (χ2n) is 7.40. The van der Waals surface area contributed by atoms with Gasteiger partial charge in [0.15, 0.2) is 10.8 Å². The summed E-state index contributed by atoms with van der Waals surface area (Å²) in [5, 5.41) is 1.69. The Morgan fingerprint density at radius 3 is 2.19 bits per heavy atom. The second kappa shape index (κ2) is 9.33. The van der Waals surface area contributed by atoms with Crippen molar-refractivity contribution in [2.24, 2.45) is 5.92 Å². The van der Waals surface area contributed by atoms with E-state index in [-0.39, 0.29) is 32.3 Å². The van der Waals surface area contributed by atoms with Gasteiger partial charge in [-0.3, -0.25) is 4.90 Å². The molecule has 0 atom stereocenters. The fourth-order valence-corrected chi connectivity index (χ4v) is 4.73. The van der Waals surface area contributed by atoms with E-state index in [1.54, 1.807) is 0 Å². The van der Waals surface area contributed by atoms with E-state index in [0.29, 0.717) is 24.6 Å². The topological polar surface area (TPSA) is 28.2 Å². The second-order valence-corrected chi connectivity index (χ2v) is 9.30. The van der Waals surface area contributed by atoms with Crippen LogP contribution < -0.4 is 5.32 Å². The van der Waals surface area contributed by atoms with Crippen molar-refractivity contribution in [2.75, 3.05) is 18.4 Å². The molecular formula is C19H19Cl2F6N3S. The summed E-state index contributed by atoms with van der Waals surface area (Å²) in [5.41, 5.74) is -2.20. The summed E-state index contributed by atoms with van der Waals surface area (Å²) < 4.78 is 79.4. The number of halogens is 8. The molecule has 31 heavy (non-hydrogen) atoms. The van der Waals surface area contributed by atoms with E-state index in [0.717, 1.165) is 37.1 Å². The van der Waals surface area contributed by atoms with Gasteiger partial charge in [0.25, 0.3) is 0 Å². The Hall–Kier alpha value is -1.23. The van der Waals surface area contributed by atoms with Gasteiger partial charge in [-0.15, -0.1) is 0 Å². The van der Waals surface area contributed by atoms with Crippen molar-refractivity contribution in [3.8, 4) is 0 Å². The molecule has 1 aliphatic rings. The van der Waals surface area contributed by atoms with Crippen LogP contribution in [0.3, 0.4) is 0 Å². The highest BCUT2D eigenvalue weighted by molar-refractivity contribution is 7.15. The number of anilines is 2. The van der Waals surface area contributed by atoms with Crippen LogP contribution in [0.15, 0.2) is 12.1 Å². The first kappa shape index (κ1) is 24.4. The Balaban J connectivity index is 1.89. The van der Waals surface area contributed by atoms with Crippen molar-refractivity contribution in [3.63, 3.8) is 0 Å². The Bertz CT molecular complexity index is 901. The standard InChI is InChI=1S/C19H19Cl2F6N3S/c1-2-5-30(8-10-3-4-10)9-14-16(19(25,26)27)29-17(31-14)28-15-12(20)6-11(7-13(15)21)18(22,23)24/h6-7,10H,2-5,8-9H2,1H3,(H,28,29). The molecule has 1 aromatic heterocycles. The molecule has 3 nitrogen and oxygen atoms in total. The van der Waals surface area contributed by atoms with E-state index in [2.05, 4.69) is 10.3 Å². The lowest BCUT2D eigenvalue weighted by Gasteiger charge is -2.21. The Morgan fingerprint density at radius 1 is 1.10 bits per heavy atom. The average molecular weight is 506 g/mol. The predicted molar refractivity (Wildman–Crippen MR) is 110 cm³/mol. The van der Waals surface area contributed by atoms with Crippen molar-refractivity contribution in [1.82, 2.24) is 9.88 Å². The summed E-state index contributed by atoms with van der Waals surface area (Å²) in [4.78, 5) is 5.66. The van der Waals surface area contributed by atoms with Gasteiger partial charge in [-0.25, -0.2) is 4.98 Å². The maximum Gasteiger partial charge on any atom is 0.434 e. The number of alkyl halides is 6. The molecule has 0 spiro atoms. The summed E-state index contributed by atoms with van der Waals surface area (Å²) in [6.45, 7) is 3.43. The van der Waals surface area contributed by atoms with E-state index in [4.69, 9.17) is 23.2 Å². The minimum absolute atomic E-state index is 0.0308. The van der Waals surface area contributed by atoms with Gasteiger partial charge in [0.2, 0.25) is 0 Å². The number of aromatic nitrogens is 1. The van der Waals surface area contributed by atoms with Gasteiger partial charge in [-0.2, -0.15) is 26.3 Å². The Kier molecular flexibility index (Phi) is 7.35. The molecule has 1 fully saturated rings. The first-order valence-electron chi connectivity index (χ1n) is 9.51. The SMILES string of the molecule is CCCN(Cc1sc(Nc2c(Cl)cc(C(F)(F)F)cc2Cl)nc1C(F)(F)F)CC1CC1. The summed E-state index contributed by atoms with van der Waals surface area (Å²) in [7, 11) is 0. The Morgan fingerprint density at radius 2 is 1.71 bits per heavy atom. The van der Waals surface area contributed by atoms with Gasteiger partial charge in [0.1, 0.15) is 0 Å². The van der Waals surface area contributed by atoms with Crippen molar-refractivity contribution in [2.45, 2.75) is 45.1 Å². The minimum Gasteiger partial charge on any atom is -0.329 e. The monoisotopic (exact) mass is 505 g/mol. The quantitative estimate of drug-likeness (QED) is 0.370. The van der Waals surface area contributed by atoms with Crippen LogP contribution in [-0.2, 0) is 18.9 Å². The van der Waals surface area contributed by atoms with Crippen molar-refractivity contribution in [1.29, 1.82) is 0 Å². The molecule has 0 unspecified atom stereocenters. The molecule has 0 amide bonds. The van der Waals surface area contributed by atoms with Gasteiger partial charge in [-0.05, 0) is 43.9 Å². The average Bonchev–Trinajstić information content (AvgIpc) is 3.34. The maximum absolute atomic E-state index is 13.6. The van der Waals surface area contributed by atoms with Crippen LogP contribution in [-0.4, -0.2) is 23.0 Å². The molecule has 172 valence electrons. The molecule has 1 aromatic carbocycles. The van der Waals surface area contributed by atoms with Crippen molar-refractivity contribution in [3.05, 3.63) is 38.3 Å². The highest BCUT2D eigenvalue weighted by atomic mass is 35.5. The highest BCUT2D eigenvalue weighted by Crippen LogP contribution is 2.42. The zero-order chi connectivity index (χ0) is 23.0. The molecule has 0 saturated heterocycles. The molecule has 1 aliphatic carbocycles. The lowest BCUT2D eigenvalue weighted by atomic mass is 10.2. The van der Waals surface area contributed by atoms with Crippen LogP contribution in [0.25, 0.3) is 0 Å². The summed E-state index contributed by atoms with van der Waals surface area (Å²) >= 11 is 12.6. The molecule has 2 aromatic rings. The first-order valence-corrected chi connectivity index (χ1v) is 11.1. The zero-order valence-electron chi connectivity index (χ0n) is 16.3. The van der Waals surface area contributed by atoms with Crippen LogP contribution in [0.1, 0.15) is 42.3 Å². The van der Waals surface area contributed by atoms with Crippen LogP contribution in [0.2, 0.25) is 10.0 Å². The van der Waals surface area contributed by atoms with Gasteiger partial charge >= 0.3 is 12.4 Å². The van der Waals surface area contributed by atoms with E-state index >= 15 is 0 Å². The predicted octanol–water partition coefficient (Wildman–Crippen LogP) is 7.85. The molecule has 0 bridgehead atoms. The highest BCUT2D eigenvalue weighted by Gasteiger charge is 2.38. The summed E-state index contributed by atoms with van der Waals surface area (Å²) in [6.07, 6.45) is -6.38. The lowest BCUT2D eigenvalue weighted by molar-refractivity contribution is -0.141. The molecule has 1 saturated carbocycles. The van der Waals surface area contributed by atoms with Gasteiger partial charge in [0, 0.05) is 13.1 Å². The van der Waals surface area contributed by atoms with Crippen LogP contribution >= 0.6 is 34.5 Å². The normalized spacial score (nSPS) is 15.0. The van der Waals surface area contributed by atoms with Gasteiger partial charge in [0.05, 0.1) is 26.2 Å².